The zero-order chi connectivity index (χ0) is 14.7. The van der Waals surface area contributed by atoms with Crippen LogP contribution < -0.4 is 5.32 Å². The zero-order valence-electron chi connectivity index (χ0n) is 13.0. The minimum atomic E-state index is -0.176. The predicted molar refractivity (Wildman–Crippen MR) is 90.0 cm³/mol. The lowest BCUT2D eigenvalue weighted by molar-refractivity contribution is 0.151. The topological polar surface area (TPSA) is 15.3 Å². The molecule has 0 aromatic heterocycles. The third-order valence-corrected chi connectivity index (χ3v) is 4.44. The highest BCUT2D eigenvalue weighted by atomic mass is 35.5. The number of hydrogen-bond donors (Lipinski definition) is 1. The first kappa shape index (κ1) is 18.7. The molecule has 0 saturated carbocycles. The molecule has 1 aliphatic rings. The summed E-state index contributed by atoms with van der Waals surface area (Å²) >= 11 is 6.41. The average molecular weight is 335 g/mol. The molecule has 0 radical (unpaired) electrons. The second-order valence-electron chi connectivity index (χ2n) is 6.02. The molecule has 0 unspecified atom stereocenters. The Kier molecular flexibility index (Phi) is 7.41. The summed E-state index contributed by atoms with van der Waals surface area (Å²) in [5, 5.41) is 3.94. The second-order valence-corrected chi connectivity index (χ2v) is 6.40. The first-order valence-corrected chi connectivity index (χ1v) is 7.77. The van der Waals surface area contributed by atoms with Gasteiger partial charge in [-0.2, -0.15) is 0 Å². The smallest absolute Gasteiger partial charge is 0.129 e. The molecule has 5 heteroatoms. The van der Waals surface area contributed by atoms with Gasteiger partial charge < -0.3 is 5.32 Å². The van der Waals surface area contributed by atoms with Crippen LogP contribution in [0.4, 0.5) is 4.39 Å². The highest BCUT2D eigenvalue weighted by molar-refractivity contribution is 6.32. The molecule has 1 N–H and O–H groups in total. The van der Waals surface area contributed by atoms with Crippen molar-refractivity contribution in [1.29, 1.82) is 0 Å². The van der Waals surface area contributed by atoms with E-state index in [1.54, 1.807) is 12.1 Å². The van der Waals surface area contributed by atoms with Crippen LogP contribution in [0.1, 0.15) is 37.4 Å². The summed E-state index contributed by atoms with van der Waals surface area (Å²) in [6, 6.07) is 3.38. The van der Waals surface area contributed by atoms with Gasteiger partial charge in [-0.05, 0) is 30.9 Å². The molecule has 1 heterocycles. The first-order valence-electron chi connectivity index (χ1n) is 7.40. The number of rotatable bonds is 4. The van der Waals surface area contributed by atoms with Gasteiger partial charge in [0.25, 0.3) is 0 Å². The lowest BCUT2D eigenvalue weighted by Gasteiger charge is -2.37. The van der Waals surface area contributed by atoms with Gasteiger partial charge >= 0.3 is 0 Å². The summed E-state index contributed by atoms with van der Waals surface area (Å²) in [6.45, 7) is 10.1. The van der Waals surface area contributed by atoms with Crippen LogP contribution >= 0.6 is 24.0 Å². The lowest BCUT2D eigenvalue weighted by atomic mass is 9.93. The molecule has 1 atom stereocenters. The first-order chi connectivity index (χ1) is 9.50. The van der Waals surface area contributed by atoms with Crippen molar-refractivity contribution in [3.05, 3.63) is 34.1 Å². The second kappa shape index (κ2) is 8.33. The van der Waals surface area contributed by atoms with Gasteiger partial charge in [-0.15, -0.1) is 12.4 Å². The molecule has 1 aromatic carbocycles. The summed E-state index contributed by atoms with van der Waals surface area (Å²) < 4.78 is 14.4. The normalized spacial score (nSPS) is 17.6. The summed E-state index contributed by atoms with van der Waals surface area (Å²) in [4.78, 5) is 2.36. The molecule has 0 aliphatic carbocycles. The highest BCUT2D eigenvalue weighted by Gasteiger charge is 2.27. The van der Waals surface area contributed by atoms with E-state index in [2.05, 4.69) is 24.1 Å². The van der Waals surface area contributed by atoms with Crippen molar-refractivity contribution < 1.29 is 4.39 Å². The van der Waals surface area contributed by atoms with Crippen molar-refractivity contribution in [1.82, 2.24) is 10.2 Å². The Bertz CT molecular complexity index is 460. The number of hydrogen-bond acceptors (Lipinski definition) is 2. The third-order valence-electron chi connectivity index (χ3n) is 3.94. The van der Waals surface area contributed by atoms with Crippen LogP contribution in [0, 0.1) is 18.7 Å². The van der Waals surface area contributed by atoms with Gasteiger partial charge in [0.2, 0.25) is 0 Å². The fourth-order valence-corrected chi connectivity index (χ4v) is 3.15. The van der Waals surface area contributed by atoms with Gasteiger partial charge in [0.05, 0.1) is 5.02 Å². The van der Waals surface area contributed by atoms with Gasteiger partial charge in [-0.1, -0.05) is 31.5 Å². The van der Waals surface area contributed by atoms with Gasteiger partial charge in [0, 0.05) is 37.8 Å². The van der Waals surface area contributed by atoms with Crippen molar-refractivity contribution in [2.45, 2.75) is 33.2 Å². The SMILES string of the molecule is Cc1ccc(F)c([C@@H](CC(C)C)N2CCNCC2)c1Cl.Cl. The Balaban J connectivity index is 0.00000220. The number of piperazine rings is 1. The van der Waals surface area contributed by atoms with Gasteiger partial charge in [0.15, 0.2) is 0 Å². The highest BCUT2D eigenvalue weighted by Crippen LogP contribution is 2.36. The van der Waals surface area contributed by atoms with Crippen molar-refractivity contribution in [3.8, 4) is 0 Å². The summed E-state index contributed by atoms with van der Waals surface area (Å²) in [7, 11) is 0. The lowest BCUT2D eigenvalue weighted by Crippen LogP contribution is -2.45. The van der Waals surface area contributed by atoms with E-state index in [0.717, 1.165) is 38.2 Å². The molecule has 0 spiro atoms. The van der Waals surface area contributed by atoms with E-state index in [-0.39, 0.29) is 24.3 Å². The predicted octanol–water partition coefficient (Wildman–Crippen LogP) is 4.20. The number of nitrogens with zero attached hydrogens (tertiary/aromatic N) is 1. The van der Waals surface area contributed by atoms with Crippen LogP contribution in [0.15, 0.2) is 12.1 Å². The maximum absolute atomic E-state index is 14.4. The Hall–Kier alpha value is -0.350. The Morgan fingerprint density at radius 2 is 1.90 bits per heavy atom. The van der Waals surface area contributed by atoms with Crippen molar-refractivity contribution >= 4 is 24.0 Å². The third kappa shape index (κ3) is 4.56. The number of halogens is 3. The van der Waals surface area contributed by atoms with E-state index in [1.165, 1.54) is 0 Å². The van der Waals surface area contributed by atoms with Gasteiger partial charge in [-0.3, -0.25) is 4.90 Å². The number of nitrogens with one attached hydrogen (secondary N) is 1. The van der Waals surface area contributed by atoms with E-state index < -0.39 is 0 Å². The minimum Gasteiger partial charge on any atom is -0.314 e. The van der Waals surface area contributed by atoms with Crippen molar-refractivity contribution in [3.63, 3.8) is 0 Å². The van der Waals surface area contributed by atoms with Crippen LogP contribution in [-0.2, 0) is 0 Å². The van der Waals surface area contributed by atoms with E-state index in [0.29, 0.717) is 16.5 Å². The average Bonchev–Trinajstić information content (AvgIpc) is 2.43. The number of benzene rings is 1. The van der Waals surface area contributed by atoms with E-state index in [4.69, 9.17) is 11.6 Å². The molecule has 1 aliphatic heterocycles. The zero-order valence-corrected chi connectivity index (χ0v) is 14.5. The van der Waals surface area contributed by atoms with Crippen LogP contribution in [0.2, 0.25) is 5.02 Å². The van der Waals surface area contributed by atoms with Gasteiger partial charge in [0.1, 0.15) is 5.82 Å². The molecule has 1 saturated heterocycles. The molecule has 2 rings (SSSR count). The van der Waals surface area contributed by atoms with Crippen LogP contribution in [0.25, 0.3) is 0 Å². The maximum atomic E-state index is 14.4. The molecule has 1 aromatic rings. The van der Waals surface area contributed by atoms with Crippen LogP contribution in [0.5, 0.6) is 0 Å². The molecular weight excluding hydrogens is 310 g/mol. The van der Waals surface area contributed by atoms with Gasteiger partial charge in [-0.25, -0.2) is 4.39 Å². The molecule has 0 amide bonds. The molecule has 0 bridgehead atoms. The Morgan fingerprint density at radius 3 is 2.48 bits per heavy atom. The Morgan fingerprint density at radius 1 is 1.29 bits per heavy atom. The molecular formula is C16H25Cl2FN2. The Labute approximate surface area is 138 Å². The van der Waals surface area contributed by atoms with E-state index in [1.807, 2.05) is 6.92 Å². The standard InChI is InChI=1S/C16H24ClFN2.ClH/c1-11(2)10-14(20-8-6-19-7-9-20)15-13(18)5-4-12(3)16(15)17;/h4-5,11,14,19H,6-10H2,1-3H3;1H/t14-;/m1./s1. The number of aryl methyl sites for hydroxylation is 1. The van der Waals surface area contributed by atoms with E-state index in [9.17, 15) is 4.39 Å². The fourth-order valence-electron chi connectivity index (χ4n) is 2.87. The maximum Gasteiger partial charge on any atom is 0.129 e. The van der Waals surface area contributed by atoms with E-state index >= 15 is 0 Å². The minimum absolute atomic E-state index is 0. The van der Waals surface area contributed by atoms with Crippen LogP contribution in [-0.4, -0.2) is 31.1 Å². The fraction of sp³-hybridized carbons (Fsp3) is 0.625. The quantitative estimate of drug-likeness (QED) is 0.887. The largest absolute Gasteiger partial charge is 0.314 e. The summed E-state index contributed by atoms with van der Waals surface area (Å²) in [6.07, 6.45) is 0.931. The molecule has 1 fully saturated rings. The molecule has 2 nitrogen and oxygen atoms in total. The van der Waals surface area contributed by atoms with Crippen molar-refractivity contribution in [2.75, 3.05) is 26.2 Å². The van der Waals surface area contributed by atoms with Crippen molar-refractivity contribution in [2.24, 2.45) is 5.92 Å². The monoisotopic (exact) mass is 334 g/mol. The molecule has 21 heavy (non-hydrogen) atoms. The summed E-state index contributed by atoms with van der Waals surface area (Å²) in [5.74, 6) is 0.329. The van der Waals surface area contributed by atoms with Crippen LogP contribution in [0.3, 0.4) is 0 Å². The summed E-state index contributed by atoms with van der Waals surface area (Å²) in [5.41, 5.74) is 1.63. The molecule has 120 valence electrons.